The molecule has 2 fully saturated rings. The third-order valence-electron chi connectivity index (χ3n) is 6.73. The predicted molar refractivity (Wildman–Crippen MR) is 127 cm³/mol. The van der Waals surface area contributed by atoms with Crippen LogP contribution in [0.1, 0.15) is 30.4 Å². The van der Waals surface area contributed by atoms with Crippen molar-refractivity contribution in [2.24, 2.45) is 17.6 Å². The van der Waals surface area contributed by atoms with Crippen molar-refractivity contribution in [3.63, 3.8) is 0 Å². The van der Waals surface area contributed by atoms with E-state index in [4.69, 9.17) is 5.73 Å². The standard InChI is InChI=1S/C26H32N4O3/c27-25(32)21-11-14-29(15-12-21)13-10-19-6-8-23(9-7-19)28-26(33)22-16-24(31)30(18-22)17-20-4-2-1-3-5-20/h1-9,21-22H,10-18H2,(H2,27,32)(H,28,33). The zero-order valence-electron chi connectivity index (χ0n) is 18.9. The van der Waals surface area contributed by atoms with Crippen molar-refractivity contribution < 1.29 is 14.4 Å². The van der Waals surface area contributed by atoms with Crippen LogP contribution in [-0.4, -0.2) is 53.7 Å². The van der Waals surface area contributed by atoms with Crippen molar-refractivity contribution >= 4 is 23.4 Å². The van der Waals surface area contributed by atoms with Gasteiger partial charge < -0.3 is 20.9 Å². The average molecular weight is 449 g/mol. The number of nitrogens with one attached hydrogen (secondary N) is 1. The fourth-order valence-electron chi connectivity index (χ4n) is 4.63. The van der Waals surface area contributed by atoms with E-state index in [1.807, 2.05) is 54.6 Å². The second-order valence-corrected chi connectivity index (χ2v) is 9.12. The summed E-state index contributed by atoms with van der Waals surface area (Å²) in [6.07, 6.45) is 2.85. The van der Waals surface area contributed by atoms with E-state index in [1.165, 1.54) is 5.56 Å². The van der Waals surface area contributed by atoms with Crippen LogP contribution in [0.25, 0.3) is 0 Å². The lowest BCUT2D eigenvalue weighted by molar-refractivity contribution is -0.128. The summed E-state index contributed by atoms with van der Waals surface area (Å²) in [7, 11) is 0. The molecule has 1 atom stereocenters. The maximum absolute atomic E-state index is 12.7. The van der Waals surface area contributed by atoms with Crippen LogP contribution >= 0.6 is 0 Å². The van der Waals surface area contributed by atoms with Crippen LogP contribution in [0.2, 0.25) is 0 Å². The number of benzene rings is 2. The Morgan fingerprint density at radius 3 is 2.30 bits per heavy atom. The highest BCUT2D eigenvalue weighted by Crippen LogP contribution is 2.22. The second-order valence-electron chi connectivity index (χ2n) is 9.12. The van der Waals surface area contributed by atoms with Crippen molar-refractivity contribution in [1.29, 1.82) is 0 Å². The number of nitrogens with zero attached hydrogens (tertiary/aromatic N) is 2. The van der Waals surface area contributed by atoms with Gasteiger partial charge in [0, 0.05) is 37.7 Å². The lowest BCUT2D eigenvalue weighted by atomic mass is 9.96. The summed E-state index contributed by atoms with van der Waals surface area (Å²) in [6, 6.07) is 17.8. The Kier molecular flexibility index (Phi) is 7.40. The van der Waals surface area contributed by atoms with E-state index in [9.17, 15) is 14.4 Å². The van der Waals surface area contributed by atoms with Crippen LogP contribution in [0, 0.1) is 11.8 Å². The van der Waals surface area contributed by atoms with Gasteiger partial charge in [0.15, 0.2) is 0 Å². The third-order valence-corrected chi connectivity index (χ3v) is 6.73. The molecule has 3 N–H and O–H groups in total. The number of rotatable bonds is 8. The van der Waals surface area contributed by atoms with E-state index in [2.05, 4.69) is 10.2 Å². The number of carbonyl (C=O) groups is 3. The van der Waals surface area contributed by atoms with Gasteiger partial charge in [-0.3, -0.25) is 14.4 Å². The highest BCUT2D eigenvalue weighted by molar-refractivity contribution is 5.97. The third kappa shape index (κ3) is 6.20. The van der Waals surface area contributed by atoms with Crippen molar-refractivity contribution in [1.82, 2.24) is 9.80 Å². The Morgan fingerprint density at radius 1 is 0.939 bits per heavy atom. The smallest absolute Gasteiger partial charge is 0.229 e. The molecule has 7 heteroatoms. The molecule has 2 heterocycles. The lowest BCUT2D eigenvalue weighted by Crippen LogP contribution is -2.39. The molecular formula is C26H32N4O3. The number of amides is 3. The Morgan fingerprint density at radius 2 is 1.64 bits per heavy atom. The summed E-state index contributed by atoms with van der Waals surface area (Å²) in [5, 5.41) is 2.96. The van der Waals surface area contributed by atoms with Gasteiger partial charge in [0.1, 0.15) is 0 Å². The van der Waals surface area contributed by atoms with Gasteiger partial charge in [-0.1, -0.05) is 42.5 Å². The first-order chi connectivity index (χ1) is 16.0. The Balaban J connectivity index is 1.22. The number of carbonyl (C=O) groups excluding carboxylic acids is 3. The molecule has 2 saturated heterocycles. The van der Waals surface area contributed by atoms with Crippen molar-refractivity contribution in [3.8, 4) is 0 Å². The van der Waals surface area contributed by atoms with E-state index < -0.39 is 0 Å². The molecule has 0 aromatic heterocycles. The summed E-state index contributed by atoms with van der Waals surface area (Å²) in [6.45, 7) is 3.74. The van der Waals surface area contributed by atoms with Crippen LogP contribution in [0.3, 0.4) is 0 Å². The first-order valence-corrected chi connectivity index (χ1v) is 11.7. The molecule has 7 nitrogen and oxygen atoms in total. The minimum Gasteiger partial charge on any atom is -0.369 e. The molecule has 174 valence electrons. The first kappa shape index (κ1) is 23.0. The molecule has 1 unspecified atom stereocenters. The van der Waals surface area contributed by atoms with Crippen molar-refractivity contribution in [3.05, 3.63) is 65.7 Å². The van der Waals surface area contributed by atoms with Crippen LogP contribution in [0.4, 0.5) is 5.69 Å². The van der Waals surface area contributed by atoms with E-state index in [0.29, 0.717) is 13.1 Å². The quantitative estimate of drug-likeness (QED) is 0.648. The van der Waals surface area contributed by atoms with Crippen LogP contribution in [0.5, 0.6) is 0 Å². The van der Waals surface area contributed by atoms with E-state index in [0.717, 1.165) is 50.1 Å². The van der Waals surface area contributed by atoms with Crippen molar-refractivity contribution in [2.45, 2.75) is 32.2 Å². The van der Waals surface area contributed by atoms with Crippen LogP contribution < -0.4 is 11.1 Å². The zero-order chi connectivity index (χ0) is 23.2. The van der Waals surface area contributed by atoms with Gasteiger partial charge in [-0.05, 0) is 55.6 Å². The number of piperidine rings is 1. The fraction of sp³-hybridized carbons (Fsp3) is 0.423. The molecule has 0 radical (unpaired) electrons. The maximum Gasteiger partial charge on any atom is 0.229 e. The molecule has 2 aromatic carbocycles. The summed E-state index contributed by atoms with van der Waals surface area (Å²) < 4.78 is 0. The van der Waals surface area contributed by atoms with Gasteiger partial charge in [0.25, 0.3) is 0 Å². The summed E-state index contributed by atoms with van der Waals surface area (Å²) in [5.74, 6) is -0.578. The predicted octanol–water partition coefficient (Wildman–Crippen LogP) is 2.41. The molecule has 0 bridgehead atoms. The Bertz CT molecular complexity index is 969. The number of nitrogens with two attached hydrogens (primary N) is 1. The molecule has 0 saturated carbocycles. The lowest BCUT2D eigenvalue weighted by Gasteiger charge is -2.30. The normalized spacial score (nSPS) is 19.6. The minimum absolute atomic E-state index is 0.0183. The van der Waals surface area contributed by atoms with E-state index in [1.54, 1.807) is 4.90 Å². The van der Waals surface area contributed by atoms with Gasteiger partial charge in [0.2, 0.25) is 17.7 Å². The number of anilines is 1. The fourth-order valence-corrected chi connectivity index (χ4v) is 4.63. The highest BCUT2D eigenvalue weighted by atomic mass is 16.2. The summed E-state index contributed by atoms with van der Waals surface area (Å²) in [4.78, 5) is 40.5. The molecular weight excluding hydrogens is 416 g/mol. The van der Waals surface area contributed by atoms with Crippen molar-refractivity contribution in [2.75, 3.05) is 31.5 Å². The first-order valence-electron chi connectivity index (χ1n) is 11.7. The summed E-state index contributed by atoms with van der Waals surface area (Å²) >= 11 is 0. The molecule has 33 heavy (non-hydrogen) atoms. The number of likely N-dealkylation sites (tertiary alicyclic amines) is 2. The average Bonchev–Trinajstić information content (AvgIpc) is 3.20. The molecule has 0 spiro atoms. The van der Waals surface area contributed by atoms with Gasteiger partial charge in [-0.2, -0.15) is 0 Å². The molecule has 0 aliphatic carbocycles. The zero-order valence-corrected chi connectivity index (χ0v) is 18.9. The van der Waals surface area contributed by atoms with Crippen LogP contribution in [0.15, 0.2) is 54.6 Å². The minimum atomic E-state index is -0.329. The Labute approximate surface area is 194 Å². The molecule has 2 aliphatic heterocycles. The largest absolute Gasteiger partial charge is 0.369 e. The Hall–Kier alpha value is -3.19. The monoisotopic (exact) mass is 448 g/mol. The van der Waals surface area contributed by atoms with Crippen LogP contribution in [-0.2, 0) is 27.3 Å². The molecule has 2 aromatic rings. The van der Waals surface area contributed by atoms with E-state index in [-0.39, 0.29) is 36.0 Å². The SMILES string of the molecule is NC(=O)C1CCN(CCc2ccc(NC(=O)C3CC(=O)N(Cc4ccccc4)C3)cc2)CC1. The second kappa shape index (κ2) is 10.6. The van der Waals surface area contributed by atoms with E-state index >= 15 is 0 Å². The molecule has 3 amide bonds. The molecule has 4 rings (SSSR count). The van der Waals surface area contributed by atoms with Gasteiger partial charge in [0.05, 0.1) is 5.92 Å². The number of hydrogen-bond donors (Lipinski definition) is 2. The highest BCUT2D eigenvalue weighted by Gasteiger charge is 2.34. The maximum atomic E-state index is 12.7. The number of primary amides is 1. The topological polar surface area (TPSA) is 95.7 Å². The van der Waals surface area contributed by atoms with Gasteiger partial charge in [-0.15, -0.1) is 0 Å². The van der Waals surface area contributed by atoms with Gasteiger partial charge in [-0.25, -0.2) is 0 Å². The number of hydrogen-bond acceptors (Lipinski definition) is 4. The molecule has 2 aliphatic rings. The van der Waals surface area contributed by atoms with Gasteiger partial charge >= 0.3 is 0 Å². The summed E-state index contributed by atoms with van der Waals surface area (Å²) in [5.41, 5.74) is 8.43.